The first-order valence-corrected chi connectivity index (χ1v) is 7.83. The second kappa shape index (κ2) is 6.82. The highest BCUT2D eigenvalue weighted by atomic mass is 79.9. The Morgan fingerprint density at radius 1 is 1.33 bits per heavy atom. The molecule has 2 aromatic rings. The van der Waals surface area contributed by atoms with Gasteiger partial charge in [0.1, 0.15) is 4.88 Å². The number of carbonyl (C=O) groups excluding carboxylic acids is 2. The molecule has 1 aromatic heterocycles. The van der Waals surface area contributed by atoms with Crippen molar-refractivity contribution >= 4 is 44.3 Å². The summed E-state index contributed by atoms with van der Waals surface area (Å²) < 4.78 is 5.84. The van der Waals surface area contributed by atoms with Gasteiger partial charge in [-0.15, -0.1) is 0 Å². The maximum Gasteiger partial charge on any atom is 0.350 e. The van der Waals surface area contributed by atoms with Crippen LogP contribution in [-0.2, 0) is 4.74 Å². The lowest BCUT2D eigenvalue weighted by atomic mass is 10.2. The first-order valence-electron chi connectivity index (χ1n) is 6.22. The van der Waals surface area contributed by atoms with Crippen LogP contribution >= 0.6 is 27.3 Å². The summed E-state index contributed by atoms with van der Waals surface area (Å²) in [7, 11) is 0. The molecule has 7 heteroatoms. The highest BCUT2D eigenvalue weighted by Crippen LogP contribution is 2.24. The molecule has 0 saturated heterocycles. The number of rotatable bonds is 4. The van der Waals surface area contributed by atoms with Crippen LogP contribution in [0.3, 0.4) is 0 Å². The zero-order chi connectivity index (χ0) is 15.4. The van der Waals surface area contributed by atoms with Crippen molar-refractivity contribution in [2.24, 2.45) is 0 Å². The van der Waals surface area contributed by atoms with Gasteiger partial charge in [0.05, 0.1) is 12.3 Å². The zero-order valence-corrected chi connectivity index (χ0v) is 13.9. The average molecular weight is 369 g/mol. The van der Waals surface area contributed by atoms with Crippen LogP contribution < -0.4 is 5.32 Å². The van der Waals surface area contributed by atoms with E-state index in [0.29, 0.717) is 27.9 Å². The second-order valence-electron chi connectivity index (χ2n) is 4.12. The molecule has 0 aliphatic carbocycles. The predicted octanol–water partition coefficient (Wildman–Crippen LogP) is 3.64. The first kappa shape index (κ1) is 15.7. The minimum atomic E-state index is -0.420. The van der Waals surface area contributed by atoms with E-state index in [1.165, 1.54) is 0 Å². The number of aryl methyl sites for hydroxylation is 1. The molecule has 0 radical (unpaired) electrons. The van der Waals surface area contributed by atoms with Crippen LogP contribution in [0.5, 0.6) is 0 Å². The van der Waals surface area contributed by atoms with Gasteiger partial charge >= 0.3 is 5.97 Å². The summed E-state index contributed by atoms with van der Waals surface area (Å²) >= 11 is 4.42. The molecule has 0 unspecified atom stereocenters. The molecule has 0 fully saturated rings. The predicted molar refractivity (Wildman–Crippen MR) is 84.9 cm³/mol. The van der Waals surface area contributed by atoms with Gasteiger partial charge in [-0.3, -0.25) is 10.1 Å². The third-order valence-electron chi connectivity index (χ3n) is 2.58. The molecular formula is C14H13BrN2O3S. The molecule has 0 aliphatic rings. The topological polar surface area (TPSA) is 68.3 Å². The van der Waals surface area contributed by atoms with Gasteiger partial charge < -0.3 is 4.74 Å². The number of ether oxygens (including phenoxy) is 1. The SMILES string of the molecule is CCOC(=O)c1sc(NC(=O)c2ccc(Br)cc2)nc1C. The van der Waals surface area contributed by atoms with Crippen molar-refractivity contribution < 1.29 is 14.3 Å². The number of esters is 1. The summed E-state index contributed by atoms with van der Waals surface area (Å²) in [6.45, 7) is 3.75. The fourth-order valence-electron chi connectivity index (χ4n) is 1.61. The Balaban J connectivity index is 2.13. The van der Waals surface area contributed by atoms with E-state index in [1.54, 1.807) is 38.1 Å². The quantitative estimate of drug-likeness (QED) is 0.836. The lowest BCUT2D eigenvalue weighted by Crippen LogP contribution is -2.11. The Labute approximate surface area is 134 Å². The standard InChI is InChI=1S/C14H13BrN2O3S/c1-3-20-13(19)11-8(2)16-14(21-11)17-12(18)9-4-6-10(15)7-5-9/h4-7H,3H2,1-2H3,(H,16,17,18). The number of carbonyl (C=O) groups is 2. The van der Waals surface area contributed by atoms with E-state index < -0.39 is 5.97 Å². The summed E-state index contributed by atoms with van der Waals surface area (Å²) in [5, 5.41) is 3.06. The molecule has 21 heavy (non-hydrogen) atoms. The van der Waals surface area contributed by atoms with Gasteiger partial charge in [-0.2, -0.15) is 0 Å². The zero-order valence-electron chi connectivity index (χ0n) is 11.5. The molecule has 5 nitrogen and oxygen atoms in total. The van der Waals surface area contributed by atoms with Crippen molar-refractivity contribution in [1.82, 2.24) is 4.98 Å². The number of thiazole rings is 1. The highest BCUT2D eigenvalue weighted by molar-refractivity contribution is 9.10. The molecule has 110 valence electrons. The Morgan fingerprint density at radius 2 is 2.00 bits per heavy atom. The molecule has 1 N–H and O–H groups in total. The van der Waals surface area contributed by atoms with Crippen molar-refractivity contribution in [2.75, 3.05) is 11.9 Å². The number of aromatic nitrogens is 1. The van der Waals surface area contributed by atoms with Crippen LogP contribution in [0.1, 0.15) is 32.6 Å². The number of halogens is 1. The first-order chi connectivity index (χ1) is 10.0. The van der Waals surface area contributed by atoms with Gasteiger partial charge in [-0.1, -0.05) is 27.3 Å². The van der Waals surface area contributed by atoms with Crippen molar-refractivity contribution in [1.29, 1.82) is 0 Å². The van der Waals surface area contributed by atoms with E-state index >= 15 is 0 Å². The minimum Gasteiger partial charge on any atom is -0.462 e. The largest absolute Gasteiger partial charge is 0.462 e. The smallest absolute Gasteiger partial charge is 0.350 e. The lowest BCUT2D eigenvalue weighted by molar-refractivity contribution is 0.0531. The molecule has 0 bridgehead atoms. The van der Waals surface area contributed by atoms with Crippen molar-refractivity contribution in [3.63, 3.8) is 0 Å². The third kappa shape index (κ3) is 3.89. The fourth-order valence-corrected chi connectivity index (χ4v) is 2.73. The summed E-state index contributed by atoms with van der Waals surface area (Å²) in [4.78, 5) is 28.3. The molecule has 1 heterocycles. The van der Waals surface area contributed by atoms with Crippen molar-refractivity contribution in [3.05, 3.63) is 44.9 Å². The number of anilines is 1. The summed E-state index contributed by atoms with van der Waals surface area (Å²) in [6.07, 6.45) is 0. The molecule has 0 saturated carbocycles. The molecule has 1 aromatic carbocycles. The van der Waals surface area contributed by atoms with Crippen molar-refractivity contribution in [3.8, 4) is 0 Å². The summed E-state index contributed by atoms with van der Waals surface area (Å²) in [5.41, 5.74) is 1.06. The Kier molecular flexibility index (Phi) is 5.08. The Hall–Kier alpha value is -1.73. The minimum absolute atomic E-state index is 0.272. The van der Waals surface area contributed by atoms with Crippen LogP contribution in [-0.4, -0.2) is 23.5 Å². The molecular weight excluding hydrogens is 356 g/mol. The molecule has 1 amide bonds. The average Bonchev–Trinajstić information content (AvgIpc) is 2.80. The maximum atomic E-state index is 12.1. The van der Waals surface area contributed by atoms with Crippen LogP contribution in [0.15, 0.2) is 28.7 Å². The third-order valence-corrected chi connectivity index (χ3v) is 4.17. The van der Waals surface area contributed by atoms with E-state index in [-0.39, 0.29) is 5.91 Å². The van der Waals surface area contributed by atoms with Crippen molar-refractivity contribution in [2.45, 2.75) is 13.8 Å². The highest BCUT2D eigenvalue weighted by Gasteiger charge is 2.17. The number of amides is 1. The maximum absolute atomic E-state index is 12.1. The molecule has 2 rings (SSSR count). The van der Waals surface area contributed by atoms with E-state index in [4.69, 9.17) is 4.74 Å². The van der Waals surface area contributed by atoms with E-state index in [9.17, 15) is 9.59 Å². The number of nitrogens with one attached hydrogen (secondary N) is 1. The van der Waals surface area contributed by atoms with E-state index in [0.717, 1.165) is 15.8 Å². The lowest BCUT2D eigenvalue weighted by Gasteiger charge is -2.01. The second-order valence-corrected chi connectivity index (χ2v) is 6.03. The van der Waals surface area contributed by atoms with Crippen LogP contribution in [0.2, 0.25) is 0 Å². The Morgan fingerprint density at radius 3 is 2.62 bits per heavy atom. The number of hydrogen-bond acceptors (Lipinski definition) is 5. The molecule has 0 spiro atoms. The molecule has 0 aliphatic heterocycles. The van der Waals surface area contributed by atoms with Gasteiger partial charge in [0.2, 0.25) is 0 Å². The summed E-state index contributed by atoms with van der Waals surface area (Å²) in [5.74, 6) is -0.691. The normalized spacial score (nSPS) is 10.2. The van der Waals surface area contributed by atoms with Gasteiger partial charge in [-0.05, 0) is 38.1 Å². The van der Waals surface area contributed by atoms with Gasteiger partial charge in [-0.25, -0.2) is 9.78 Å². The van der Waals surface area contributed by atoms with Gasteiger partial charge in [0.15, 0.2) is 5.13 Å². The fraction of sp³-hybridized carbons (Fsp3) is 0.214. The van der Waals surface area contributed by atoms with Crippen LogP contribution in [0.25, 0.3) is 0 Å². The number of hydrogen-bond donors (Lipinski definition) is 1. The monoisotopic (exact) mass is 368 g/mol. The number of nitrogens with zero attached hydrogens (tertiary/aromatic N) is 1. The van der Waals surface area contributed by atoms with Gasteiger partial charge in [0.25, 0.3) is 5.91 Å². The molecule has 0 atom stereocenters. The van der Waals surface area contributed by atoms with E-state index in [2.05, 4.69) is 26.2 Å². The summed E-state index contributed by atoms with van der Waals surface area (Å²) in [6, 6.07) is 6.97. The van der Waals surface area contributed by atoms with Crippen LogP contribution in [0, 0.1) is 6.92 Å². The van der Waals surface area contributed by atoms with Gasteiger partial charge in [0, 0.05) is 10.0 Å². The number of benzene rings is 1. The Bertz CT molecular complexity index is 667. The van der Waals surface area contributed by atoms with Crippen LogP contribution in [0.4, 0.5) is 5.13 Å². The van der Waals surface area contributed by atoms with E-state index in [1.807, 2.05) is 0 Å².